The summed E-state index contributed by atoms with van der Waals surface area (Å²) in [5.74, 6) is 1.82. The zero-order valence-electron chi connectivity index (χ0n) is 15.0. The van der Waals surface area contributed by atoms with Crippen molar-refractivity contribution in [3.63, 3.8) is 0 Å². The zero-order valence-corrected chi connectivity index (χ0v) is 15.0. The van der Waals surface area contributed by atoms with Crippen LogP contribution in [0.3, 0.4) is 0 Å². The molecule has 0 N–H and O–H groups in total. The first-order chi connectivity index (χ1) is 12.8. The fourth-order valence-electron chi connectivity index (χ4n) is 3.87. The molecule has 1 fully saturated rings. The molecule has 1 amide bonds. The lowest BCUT2D eigenvalue weighted by Gasteiger charge is -2.24. The Labute approximate surface area is 154 Å². The molecule has 0 radical (unpaired) electrons. The van der Waals surface area contributed by atoms with E-state index in [4.69, 9.17) is 9.47 Å². The van der Waals surface area contributed by atoms with Crippen LogP contribution in [0.25, 0.3) is 0 Å². The molecule has 4 heteroatoms. The Hall–Kier alpha value is -2.49. The number of carbonyl (C=O) groups is 1. The van der Waals surface area contributed by atoms with Crippen LogP contribution in [0.5, 0.6) is 11.5 Å². The van der Waals surface area contributed by atoms with Gasteiger partial charge in [0.05, 0.1) is 0 Å². The number of carbonyl (C=O) groups excluding carboxylic acids is 1. The molecule has 2 aromatic rings. The van der Waals surface area contributed by atoms with E-state index in [-0.39, 0.29) is 18.6 Å². The second kappa shape index (κ2) is 7.81. The van der Waals surface area contributed by atoms with Crippen LogP contribution in [-0.4, -0.2) is 30.7 Å². The topological polar surface area (TPSA) is 38.8 Å². The lowest BCUT2D eigenvalue weighted by atomic mass is 9.88. The Bertz CT molecular complexity index is 751. The summed E-state index contributed by atoms with van der Waals surface area (Å²) in [6.45, 7) is 2.05. The minimum atomic E-state index is 0.0291. The molecule has 0 bridgehead atoms. The van der Waals surface area contributed by atoms with E-state index in [1.165, 1.54) is 12.8 Å². The molecular weight excluding hydrogens is 326 g/mol. The van der Waals surface area contributed by atoms with E-state index in [0.29, 0.717) is 6.42 Å². The average Bonchev–Trinajstić information content (AvgIpc) is 2.98. The molecule has 1 saturated heterocycles. The van der Waals surface area contributed by atoms with Gasteiger partial charge in [-0.05, 0) is 36.1 Å². The van der Waals surface area contributed by atoms with E-state index < -0.39 is 0 Å². The van der Waals surface area contributed by atoms with Crippen molar-refractivity contribution in [2.24, 2.45) is 0 Å². The van der Waals surface area contributed by atoms with Crippen LogP contribution in [0.4, 0.5) is 0 Å². The van der Waals surface area contributed by atoms with E-state index >= 15 is 0 Å². The molecule has 4 nitrogen and oxygen atoms in total. The van der Waals surface area contributed by atoms with E-state index in [1.54, 1.807) is 0 Å². The Morgan fingerprint density at radius 3 is 2.38 bits per heavy atom. The van der Waals surface area contributed by atoms with Crippen molar-refractivity contribution >= 4 is 5.91 Å². The molecule has 0 saturated carbocycles. The molecule has 1 unspecified atom stereocenters. The number of hydrogen-bond donors (Lipinski definition) is 0. The van der Waals surface area contributed by atoms with Crippen LogP contribution in [0.15, 0.2) is 48.5 Å². The second-order valence-corrected chi connectivity index (χ2v) is 7.08. The first-order valence-corrected chi connectivity index (χ1v) is 9.53. The zero-order chi connectivity index (χ0) is 17.8. The van der Waals surface area contributed by atoms with Gasteiger partial charge in [-0.1, -0.05) is 49.2 Å². The summed E-state index contributed by atoms with van der Waals surface area (Å²) in [4.78, 5) is 15.1. The SMILES string of the molecule is O=C(CC(c1ccccc1)c1ccc2c(c1)OCO2)N1CCCCCC1. The van der Waals surface area contributed by atoms with E-state index in [2.05, 4.69) is 23.1 Å². The molecule has 2 aliphatic heterocycles. The van der Waals surface area contributed by atoms with Gasteiger partial charge in [0.2, 0.25) is 12.7 Å². The second-order valence-electron chi connectivity index (χ2n) is 7.08. The minimum absolute atomic E-state index is 0.0291. The summed E-state index contributed by atoms with van der Waals surface area (Å²) in [5.41, 5.74) is 2.26. The molecule has 1 atom stereocenters. The van der Waals surface area contributed by atoms with Crippen molar-refractivity contribution in [3.8, 4) is 11.5 Å². The number of benzene rings is 2. The lowest BCUT2D eigenvalue weighted by Crippen LogP contribution is -2.33. The highest BCUT2D eigenvalue weighted by atomic mass is 16.7. The molecule has 0 aromatic heterocycles. The van der Waals surface area contributed by atoms with Gasteiger partial charge in [0, 0.05) is 25.4 Å². The third kappa shape index (κ3) is 3.69. The van der Waals surface area contributed by atoms with Gasteiger partial charge in [0.15, 0.2) is 11.5 Å². The van der Waals surface area contributed by atoms with Gasteiger partial charge in [-0.15, -0.1) is 0 Å². The number of rotatable bonds is 4. The maximum atomic E-state index is 13.0. The molecular formula is C22H25NO3. The molecule has 136 valence electrons. The standard InChI is InChI=1S/C22H25NO3/c24-22(23-12-6-1-2-7-13-23)15-19(17-8-4-3-5-9-17)18-10-11-20-21(14-18)26-16-25-20/h3-5,8-11,14,19H,1-2,6-7,12-13,15-16H2. The van der Waals surface area contributed by atoms with Crippen LogP contribution < -0.4 is 9.47 Å². The Morgan fingerprint density at radius 2 is 1.62 bits per heavy atom. The number of fused-ring (bicyclic) bond motifs is 1. The highest BCUT2D eigenvalue weighted by molar-refractivity contribution is 5.78. The smallest absolute Gasteiger partial charge is 0.231 e. The third-order valence-corrected chi connectivity index (χ3v) is 5.34. The van der Waals surface area contributed by atoms with E-state index in [1.807, 2.05) is 30.3 Å². The first-order valence-electron chi connectivity index (χ1n) is 9.53. The van der Waals surface area contributed by atoms with Crippen LogP contribution in [0, 0.1) is 0 Å². The van der Waals surface area contributed by atoms with E-state index in [9.17, 15) is 4.79 Å². The van der Waals surface area contributed by atoms with Crippen LogP contribution in [-0.2, 0) is 4.79 Å². The summed E-state index contributed by atoms with van der Waals surface area (Å²) in [7, 11) is 0. The number of amides is 1. The molecule has 0 spiro atoms. The predicted molar refractivity (Wildman–Crippen MR) is 101 cm³/mol. The Kier molecular flexibility index (Phi) is 5.09. The van der Waals surface area contributed by atoms with Crippen molar-refractivity contribution in [3.05, 3.63) is 59.7 Å². The van der Waals surface area contributed by atoms with Crippen molar-refractivity contribution in [2.45, 2.75) is 38.0 Å². The molecule has 2 aromatic carbocycles. The van der Waals surface area contributed by atoms with Crippen LogP contribution in [0.1, 0.15) is 49.1 Å². The van der Waals surface area contributed by atoms with E-state index in [0.717, 1.165) is 48.6 Å². The maximum Gasteiger partial charge on any atom is 0.231 e. The molecule has 2 heterocycles. The quantitative estimate of drug-likeness (QED) is 0.822. The molecule has 4 rings (SSSR count). The monoisotopic (exact) mass is 351 g/mol. The molecule has 0 aliphatic carbocycles. The van der Waals surface area contributed by atoms with Crippen LogP contribution >= 0.6 is 0 Å². The first kappa shape index (κ1) is 17.0. The molecule has 2 aliphatic rings. The third-order valence-electron chi connectivity index (χ3n) is 5.34. The van der Waals surface area contributed by atoms with Gasteiger partial charge in [0.25, 0.3) is 0 Å². The summed E-state index contributed by atoms with van der Waals surface area (Å²) in [6, 6.07) is 16.3. The summed E-state index contributed by atoms with van der Waals surface area (Å²) >= 11 is 0. The van der Waals surface area contributed by atoms with Crippen molar-refractivity contribution < 1.29 is 14.3 Å². The fourth-order valence-corrected chi connectivity index (χ4v) is 3.87. The van der Waals surface area contributed by atoms with Gasteiger partial charge in [-0.2, -0.15) is 0 Å². The highest BCUT2D eigenvalue weighted by Gasteiger charge is 2.24. The van der Waals surface area contributed by atoms with Gasteiger partial charge in [0.1, 0.15) is 0 Å². The average molecular weight is 351 g/mol. The summed E-state index contributed by atoms with van der Waals surface area (Å²) in [6.07, 6.45) is 5.18. The highest BCUT2D eigenvalue weighted by Crippen LogP contribution is 2.37. The van der Waals surface area contributed by atoms with Crippen molar-refractivity contribution in [1.82, 2.24) is 4.90 Å². The number of nitrogens with zero attached hydrogens (tertiary/aromatic N) is 1. The predicted octanol–water partition coefficient (Wildman–Crippen LogP) is 4.34. The molecule has 26 heavy (non-hydrogen) atoms. The van der Waals surface area contributed by atoms with Gasteiger partial charge in [-0.25, -0.2) is 0 Å². The van der Waals surface area contributed by atoms with Gasteiger partial charge in [-0.3, -0.25) is 4.79 Å². The fraction of sp³-hybridized carbons (Fsp3) is 0.409. The largest absolute Gasteiger partial charge is 0.454 e. The Balaban J connectivity index is 1.60. The number of hydrogen-bond acceptors (Lipinski definition) is 3. The van der Waals surface area contributed by atoms with Crippen molar-refractivity contribution in [1.29, 1.82) is 0 Å². The van der Waals surface area contributed by atoms with Crippen molar-refractivity contribution in [2.75, 3.05) is 19.9 Å². The Morgan fingerprint density at radius 1 is 0.885 bits per heavy atom. The van der Waals surface area contributed by atoms with Crippen LogP contribution in [0.2, 0.25) is 0 Å². The number of ether oxygens (including phenoxy) is 2. The van der Waals surface area contributed by atoms with Gasteiger partial charge >= 0.3 is 0 Å². The minimum Gasteiger partial charge on any atom is -0.454 e. The summed E-state index contributed by atoms with van der Waals surface area (Å²) < 4.78 is 11.0. The summed E-state index contributed by atoms with van der Waals surface area (Å²) in [5, 5.41) is 0. The lowest BCUT2D eigenvalue weighted by molar-refractivity contribution is -0.131. The van der Waals surface area contributed by atoms with Gasteiger partial charge < -0.3 is 14.4 Å². The number of likely N-dealkylation sites (tertiary alicyclic amines) is 1. The normalized spacial score (nSPS) is 17.6. The maximum absolute atomic E-state index is 13.0.